The molecule has 0 heterocycles. The van der Waals surface area contributed by atoms with E-state index in [0.29, 0.717) is 5.41 Å². The molecule has 0 atom stereocenters. The van der Waals surface area contributed by atoms with Gasteiger partial charge in [0.15, 0.2) is 0 Å². The maximum absolute atomic E-state index is 2.40. The Morgan fingerprint density at radius 3 is 2.36 bits per heavy atom. The van der Waals surface area contributed by atoms with Crippen LogP contribution >= 0.6 is 0 Å². The van der Waals surface area contributed by atoms with E-state index in [-0.39, 0.29) is 0 Å². The summed E-state index contributed by atoms with van der Waals surface area (Å²) in [5.41, 5.74) is 4.83. The van der Waals surface area contributed by atoms with E-state index in [9.17, 15) is 0 Å². The lowest BCUT2D eigenvalue weighted by atomic mass is 9.70. The molecule has 1 aromatic carbocycles. The number of benzene rings is 1. The van der Waals surface area contributed by atoms with E-state index < -0.39 is 0 Å². The molecule has 3 aliphatic rings. The van der Waals surface area contributed by atoms with Gasteiger partial charge in [0.2, 0.25) is 0 Å². The third-order valence-electron chi connectivity index (χ3n) is 5.02. The maximum Gasteiger partial charge on any atom is 0.00129 e. The van der Waals surface area contributed by atoms with Crippen LogP contribution < -0.4 is 0 Å². The van der Waals surface area contributed by atoms with E-state index in [2.05, 4.69) is 24.3 Å². The summed E-state index contributed by atoms with van der Waals surface area (Å²) in [4.78, 5) is 0. The zero-order valence-corrected chi connectivity index (χ0v) is 8.55. The summed E-state index contributed by atoms with van der Waals surface area (Å²) in [6, 6.07) is 9.20. The molecule has 72 valence electrons. The zero-order valence-electron chi connectivity index (χ0n) is 8.55. The molecule has 14 heavy (non-hydrogen) atoms. The lowest BCUT2D eigenvalue weighted by molar-refractivity contribution is 0.327. The van der Waals surface area contributed by atoms with Crippen molar-refractivity contribution in [1.29, 1.82) is 0 Å². The summed E-state index contributed by atoms with van der Waals surface area (Å²) < 4.78 is 0. The quantitative estimate of drug-likeness (QED) is 0.579. The van der Waals surface area contributed by atoms with Crippen LogP contribution in [0.3, 0.4) is 0 Å². The Hall–Kier alpha value is -0.780. The number of hydrogen-bond acceptors (Lipinski definition) is 0. The van der Waals surface area contributed by atoms with Crippen LogP contribution in [0.2, 0.25) is 0 Å². The van der Waals surface area contributed by atoms with Crippen molar-refractivity contribution in [3.8, 4) is 0 Å². The summed E-state index contributed by atoms with van der Waals surface area (Å²) >= 11 is 0. The topological polar surface area (TPSA) is 0 Å². The van der Waals surface area contributed by atoms with Crippen LogP contribution in [0.1, 0.15) is 43.2 Å². The molecule has 3 aliphatic carbocycles. The standard InChI is InChI=1S/C14H16/c1-2-4-12-11(3-1)5-6-13(7-8-13)14(12)9-10-14/h1-4H,5-10H2. The predicted octanol–water partition coefficient (Wildman–Crippen LogP) is 3.44. The predicted molar refractivity (Wildman–Crippen MR) is 57.3 cm³/mol. The van der Waals surface area contributed by atoms with Crippen molar-refractivity contribution >= 4 is 0 Å². The minimum Gasteiger partial charge on any atom is -0.0620 e. The highest BCUT2D eigenvalue weighted by Gasteiger charge is 2.67. The van der Waals surface area contributed by atoms with Crippen molar-refractivity contribution in [2.45, 2.75) is 43.9 Å². The first-order valence-corrected chi connectivity index (χ1v) is 5.95. The third kappa shape index (κ3) is 0.690. The average Bonchev–Trinajstić information content (AvgIpc) is 3.09. The van der Waals surface area contributed by atoms with Crippen molar-refractivity contribution < 1.29 is 0 Å². The molecule has 2 saturated carbocycles. The minimum atomic E-state index is 0.668. The zero-order chi connectivity index (χ0) is 9.23. The van der Waals surface area contributed by atoms with Gasteiger partial charge in [-0.1, -0.05) is 24.3 Å². The number of aryl methyl sites for hydroxylation is 1. The molecule has 0 radical (unpaired) electrons. The second-order valence-electron chi connectivity index (χ2n) is 5.52. The Balaban J connectivity index is 1.94. The Kier molecular flexibility index (Phi) is 1.11. The Morgan fingerprint density at radius 1 is 0.857 bits per heavy atom. The third-order valence-corrected chi connectivity index (χ3v) is 5.02. The second-order valence-corrected chi connectivity index (χ2v) is 5.52. The highest BCUT2D eigenvalue weighted by Crippen LogP contribution is 2.74. The van der Waals surface area contributed by atoms with Gasteiger partial charge in [0, 0.05) is 5.41 Å². The molecule has 0 heteroatoms. The molecule has 4 rings (SSSR count). The Bertz CT molecular complexity index is 394. The van der Waals surface area contributed by atoms with Crippen LogP contribution in [0.4, 0.5) is 0 Å². The van der Waals surface area contributed by atoms with Crippen molar-refractivity contribution in [2.75, 3.05) is 0 Å². The van der Waals surface area contributed by atoms with Gasteiger partial charge in [-0.3, -0.25) is 0 Å². The van der Waals surface area contributed by atoms with Gasteiger partial charge >= 0.3 is 0 Å². The number of fused-ring (bicyclic) bond motifs is 3. The largest absolute Gasteiger partial charge is 0.0620 e. The van der Waals surface area contributed by atoms with Gasteiger partial charge in [-0.25, -0.2) is 0 Å². The average molecular weight is 184 g/mol. The van der Waals surface area contributed by atoms with E-state index >= 15 is 0 Å². The summed E-state index contributed by atoms with van der Waals surface area (Å²) in [6.45, 7) is 0. The summed E-state index contributed by atoms with van der Waals surface area (Å²) in [7, 11) is 0. The van der Waals surface area contributed by atoms with Crippen molar-refractivity contribution in [2.24, 2.45) is 5.41 Å². The van der Waals surface area contributed by atoms with Gasteiger partial charge in [0.1, 0.15) is 0 Å². The van der Waals surface area contributed by atoms with Crippen LogP contribution in [0.5, 0.6) is 0 Å². The molecule has 0 aliphatic heterocycles. The van der Waals surface area contributed by atoms with Crippen molar-refractivity contribution in [3.05, 3.63) is 35.4 Å². The first kappa shape index (κ1) is 7.50. The summed E-state index contributed by atoms with van der Waals surface area (Å²) in [5.74, 6) is 0. The first-order valence-electron chi connectivity index (χ1n) is 5.95. The monoisotopic (exact) mass is 184 g/mol. The fraction of sp³-hybridized carbons (Fsp3) is 0.571. The normalized spacial score (nSPS) is 28.9. The van der Waals surface area contributed by atoms with Gasteiger partial charge in [-0.15, -0.1) is 0 Å². The molecule has 0 aromatic heterocycles. The Labute approximate surface area is 85.3 Å². The van der Waals surface area contributed by atoms with Gasteiger partial charge in [0.05, 0.1) is 0 Å². The lowest BCUT2D eigenvalue weighted by Crippen LogP contribution is -2.28. The fourth-order valence-electron chi connectivity index (χ4n) is 3.91. The van der Waals surface area contributed by atoms with E-state index in [1.54, 1.807) is 11.1 Å². The van der Waals surface area contributed by atoms with Crippen LogP contribution in [0.25, 0.3) is 0 Å². The van der Waals surface area contributed by atoms with Crippen LogP contribution in [0, 0.1) is 5.41 Å². The molecule has 0 nitrogen and oxygen atoms in total. The number of rotatable bonds is 0. The highest BCUT2D eigenvalue weighted by atomic mass is 14.7. The second kappa shape index (κ2) is 2.08. The molecule has 2 fully saturated rings. The maximum atomic E-state index is 2.40. The van der Waals surface area contributed by atoms with Gasteiger partial charge in [-0.05, 0) is 55.1 Å². The molecule has 0 N–H and O–H groups in total. The van der Waals surface area contributed by atoms with E-state index in [0.717, 1.165) is 5.41 Å². The first-order chi connectivity index (χ1) is 6.86. The SMILES string of the molecule is c1ccc2c(c1)CCC1(CC1)C21CC1. The van der Waals surface area contributed by atoms with E-state index in [1.165, 1.54) is 38.5 Å². The van der Waals surface area contributed by atoms with E-state index in [4.69, 9.17) is 0 Å². The molecule has 0 bridgehead atoms. The van der Waals surface area contributed by atoms with E-state index in [1.807, 2.05) is 0 Å². The molecule has 1 aromatic rings. The smallest absolute Gasteiger partial charge is 0.00129 e. The molecule has 0 saturated heterocycles. The minimum absolute atomic E-state index is 0.668. The van der Waals surface area contributed by atoms with Gasteiger partial charge in [0.25, 0.3) is 0 Å². The molecule has 0 unspecified atom stereocenters. The highest BCUT2D eigenvalue weighted by molar-refractivity contribution is 5.46. The molecule has 2 spiro atoms. The van der Waals surface area contributed by atoms with Crippen LogP contribution in [-0.2, 0) is 11.8 Å². The van der Waals surface area contributed by atoms with Crippen LogP contribution in [-0.4, -0.2) is 0 Å². The molecular weight excluding hydrogens is 168 g/mol. The summed E-state index contributed by atoms with van der Waals surface area (Å²) in [5, 5.41) is 0. The molecule has 0 amide bonds. The number of hydrogen-bond donors (Lipinski definition) is 0. The van der Waals surface area contributed by atoms with Crippen molar-refractivity contribution in [3.63, 3.8) is 0 Å². The van der Waals surface area contributed by atoms with Gasteiger partial charge < -0.3 is 0 Å². The lowest BCUT2D eigenvalue weighted by Gasteiger charge is -2.34. The van der Waals surface area contributed by atoms with Gasteiger partial charge in [-0.2, -0.15) is 0 Å². The van der Waals surface area contributed by atoms with Crippen LogP contribution in [0.15, 0.2) is 24.3 Å². The summed E-state index contributed by atoms with van der Waals surface area (Å²) in [6.07, 6.45) is 8.80. The fourth-order valence-corrected chi connectivity index (χ4v) is 3.91. The molecular formula is C14H16. The Morgan fingerprint density at radius 2 is 1.64 bits per heavy atom. The van der Waals surface area contributed by atoms with Crippen molar-refractivity contribution in [1.82, 2.24) is 0 Å².